The van der Waals surface area contributed by atoms with Crippen molar-refractivity contribution in [1.82, 2.24) is 10.1 Å². The molecule has 0 radical (unpaired) electrons. The van der Waals surface area contributed by atoms with Gasteiger partial charge in [-0.2, -0.15) is 18.2 Å². The summed E-state index contributed by atoms with van der Waals surface area (Å²) >= 11 is 0. The maximum atomic E-state index is 11.9. The average molecular weight is 310 g/mol. The minimum atomic E-state index is -4.37. The molecule has 1 heterocycles. The van der Waals surface area contributed by atoms with Crippen LogP contribution in [0.25, 0.3) is 0 Å². The van der Waals surface area contributed by atoms with Gasteiger partial charge in [0, 0.05) is 6.42 Å². The highest BCUT2D eigenvalue weighted by molar-refractivity contribution is 5.80. The molecule has 0 bridgehead atoms. The zero-order valence-corrected chi connectivity index (χ0v) is 12.0. The van der Waals surface area contributed by atoms with Crippen molar-refractivity contribution in [3.05, 3.63) is 11.7 Å². The van der Waals surface area contributed by atoms with Crippen molar-refractivity contribution >= 4 is 5.97 Å². The quantitative estimate of drug-likeness (QED) is 0.567. The van der Waals surface area contributed by atoms with E-state index in [-0.39, 0.29) is 31.3 Å². The van der Waals surface area contributed by atoms with E-state index in [1.165, 1.54) is 0 Å². The van der Waals surface area contributed by atoms with Crippen LogP contribution in [0, 0.1) is 0 Å². The van der Waals surface area contributed by atoms with Crippen LogP contribution in [-0.2, 0) is 26.1 Å². The Labute approximate surface area is 119 Å². The lowest BCUT2D eigenvalue weighted by Gasteiger charge is -2.16. The molecule has 0 aliphatic rings. The summed E-state index contributed by atoms with van der Waals surface area (Å²) in [5.41, 5.74) is -1.12. The largest absolute Gasteiger partial charge is 0.465 e. The fourth-order valence-electron chi connectivity index (χ4n) is 1.36. The molecular formula is C12H17F3N2O4. The van der Waals surface area contributed by atoms with Gasteiger partial charge in [0.1, 0.15) is 12.0 Å². The number of aromatic nitrogens is 2. The summed E-state index contributed by atoms with van der Waals surface area (Å²) in [7, 11) is 0. The molecule has 0 unspecified atom stereocenters. The van der Waals surface area contributed by atoms with Crippen molar-refractivity contribution in [3.63, 3.8) is 0 Å². The van der Waals surface area contributed by atoms with E-state index in [1.807, 2.05) is 0 Å². The third-order valence-corrected chi connectivity index (χ3v) is 2.52. The summed E-state index contributed by atoms with van der Waals surface area (Å²) in [6.07, 6.45) is -4.31. The second kappa shape index (κ2) is 6.88. The predicted molar refractivity (Wildman–Crippen MR) is 64.5 cm³/mol. The fourth-order valence-corrected chi connectivity index (χ4v) is 1.36. The molecule has 0 fully saturated rings. The average Bonchev–Trinajstić information content (AvgIpc) is 2.83. The number of rotatable bonds is 7. The van der Waals surface area contributed by atoms with Crippen LogP contribution in [0.5, 0.6) is 0 Å². The molecule has 0 aromatic carbocycles. The molecule has 120 valence electrons. The number of esters is 1. The Morgan fingerprint density at radius 3 is 2.57 bits per heavy atom. The maximum absolute atomic E-state index is 11.9. The van der Waals surface area contributed by atoms with Crippen molar-refractivity contribution in [1.29, 1.82) is 0 Å². The molecular weight excluding hydrogens is 293 g/mol. The normalized spacial score (nSPS) is 12.5. The number of carbonyl (C=O) groups excluding carboxylic acids is 1. The number of carbonyl (C=O) groups is 1. The van der Waals surface area contributed by atoms with Crippen LogP contribution in [0.3, 0.4) is 0 Å². The Hall–Kier alpha value is -1.64. The van der Waals surface area contributed by atoms with E-state index in [0.717, 1.165) is 0 Å². The first kappa shape index (κ1) is 17.4. The first-order chi connectivity index (χ1) is 9.66. The van der Waals surface area contributed by atoms with Crippen LogP contribution >= 0.6 is 0 Å². The fraction of sp³-hybridized carbons (Fsp3) is 0.750. The van der Waals surface area contributed by atoms with Gasteiger partial charge in [0.05, 0.1) is 13.2 Å². The van der Waals surface area contributed by atoms with Crippen LogP contribution in [-0.4, -0.2) is 42.1 Å². The van der Waals surface area contributed by atoms with Crippen molar-refractivity contribution in [2.24, 2.45) is 0 Å². The Balaban J connectivity index is 2.55. The molecule has 0 spiro atoms. The van der Waals surface area contributed by atoms with E-state index in [4.69, 9.17) is 9.26 Å². The lowest BCUT2D eigenvalue weighted by Crippen LogP contribution is -2.31. The first-order valence-electron chi connectivity index (χ1n) is 6.31. The number of ether oxygens (including phenoxy) is 2. The molecule has 0 N–H and O–H groups in total. The van der Waals surface area contributed by atoms with Crippen molar-refractivity contribution < 1.29 is 32.0 Å². The van der Waals surface area contributed by atoms with E-state index in [0.29, 0.717) is 0 Å². The van der Waals surface area contributed by atoms with Crippen molar-refractivity contribution in [2.75, 3.05) is 19.8 Å². The number of halogens is 3. The second-order valence-corrected chi connectivity index (χ2v) is 4.78. The summed E-state index contributed by atoms with van der Waals surface area (Å²) in [6.45, 7) is 3.48. The Kier molecular flexibility index (Phi) is 5.70. The molecule has 0 aliphatic carbocycles. The molecule has 21 heavy (non-hydrogen) atoms. The van der Waals surface area contributed by atoms with Crippen LogP contribution in [0.4, 0.5) is 13.2 Å². The van der Waals surface area contributed by atoms with Gasteiger partial charge >= 0.3 is 12.1 Å². The van der Waals surface area contributed by atoms with Crippen LogP contribution in [0.1, 0.15) is 32.5 Å². The highest BCUT2D eigenvalue weighted by atomic mass is 19.4. The zero-order valence-electron chi connectivity index (χ0n) is 12.0. The summed E-state index contributed by atoms with van der Waals surface area (Å²) in [5, 5.41) is 3.60. The van der Waals surface area contributed by atoms with Crippen molar-refractivity contribution in [2.45, 2.75) is 38.8 Å². The van der Waals surface area contributed by atoms with Gasteiger partial charge in [0.2, 0.25) is 5.89 Å². The lowest BCUT2D eigenvalue weighted by atomic mass is 9.94. The van der Waals surface area contributed by atoms with Gasteiger partial charge in [0.25, 0.3) is 0 Å². The van der Waals surface area contributed by atoms with Gasteiger partial charge < -0.3 is 14.0 Å². The zero-order chi connectivity index (χ0) is 16.1. The van der Waals surface area contributed by atoms with E-state index in [1.54, 1.807) is 20.8 Å². The second-order valence-electron chi connectivity index (χ2n) is 4.78. The predicted octanol–water partition coefficient (Wildman–Crippen LogP) is 2.03. The van der Waals surface area contributed by atoms with Gasteiger partial charge in [-0.25, -0.2) is 0 Å². The summed E-state index contributed by atoms with van der Waals surface area (Å²) in [6, 6.07) is 0. The monoisotopic (exact) mass is 310 g/mol. The summed E-state index contributed by atoms with van der Waals surface area (Å²) in [4.78, 5) is 15.7. The maximum Gasteiger partial charge on any atom is 0.411 e. The van der Waals surface area contributed by atoms with Crippen LogP contribution in [0.2, 0.25) is 0 Å². The lowest BCUT2D eigenvalue weighted by molar-refractivity contribution is -0.173. The number of hydrogen-bond donors (Lipinski definition) is 0. The molecule has 1 aromatic rings. The smallest absolute Gasteiger partial charge is 0.411 e. The number of alkyl halides is 3. The molecule has 6 nitrogen and oxygen atoms in total. The van der Waals surface area contributed by atoms with Gasteiger partial charge in [-0.05, 0) is 20.8 Å². The minimum Gasteiger partial charge on any atom is -0.465 e. The SMILES string of the molecule is CCOC(=O)C(C)(C)c1nc(CCOCC(F)(F)F)no1. The van der Waals surface area contributed by atoms with Gasteiger partial charge in [0.15, 0.2) is 5.82 Å². The van der Waals surface area contributed by atoms with Crippen molar-refractivity contribution in [3.8, 4) is 0 Å². The third kappa shape index (κ3) is 5.33. The molecule has 0 saturated heterocycles. The molecule has 9 heteroatoms. The third-order valence-electron chi connectivity index (χ3n) is 2.52. The highest BCUT2D eigenvalue weighted by Crippen LogP contribution is 2.23. The van der Waals surface area contributed by atoms with Crippen LogP contribution < -0.4 is 0 Å². The first-order valence-corrected chi connectivity index (χ1v) is 6.31. The Morgan fingerprint density at radius 1 is 1.33 bits per heavy atom. The highest BCUT2D eigenvalue weighted by Gasteiger charge is 2.37. The molecule has 0 aliphatic heterocycles. The summed E-state index contributed by atoms with van der Waals surface area (Å²) < 4.78 is 49.9. The Morgan fingerprint density at radius 2 is 2.00 bits per heavy atom. The number of nitrogens with zero attached hydrogens (tertiary/aromatic N) is 2. The summed E-state index contributed by atoms with van der Waals surface area (Å²) in [5.74, 6) is -0.301. The van der Waals surface area contributed by atoms with E-state index in [2.05, 4.69) is 14.9 Å². The van der Waals surface area contributed by atoms with E-state index < -0.39 is 24.2 Å². The van der Waals surface area contributed by atoms with Crippen LogP contribution in [0.15, 0.2) is 4.52 Å². The molecule has 1 rings (SSSR count). The topological polar surface area (TPSA) is 74.5 Å². The molecule has 1 aromatic heterocycles. The van der Waals surface area contributed by atoms with Gasteiger partial charge in [-0.3, -0.25) is 4.79 Å². The van der Waals surface area contributed by atoms with Gasteiger partial charge in [-0.15, -0.1) is 0 Å². The minimum absolute atomic E-state index is 0.0479. The molecule has 0 atom stereocenters. The molecule has 0 saturated carbocycles. The number of hydrogen-bond acceptors (Lipinski definition) is 6. The standard InChI is InChI=1S/C12H17F3N2O4/c1-4-20-10(18)11(2,3)9-16-8(17-21-9)5-6-19-7-12(13,14)15/h4-7H2,1-3H3. The molecule has 0 amide bonds. The van der Waals surface area contributed by atoms with Gasteiger partial charge in [-0.1, -0.05) is 5.16 Å². The van der Waals surface area contributed by atoms with E-state index >= 15 is 0 Å². The Bertz CT molecular complexity index is 471. The van der Waals surface area contributed by atoms with E-state index in [9.17, 15) is 18.0 Å².